The van der Waals surface area contributed by atoms with Crippen molar-refractivity contribution in [3.05, 3.63) is 46.8 Å². The summed E-state index contributed by atoms with van der Waals surface area (Å²) in [5.74, 6) is 0.240. The van der Waals surface area contributed by atoms with Gasteiger partial charge >= 0.3 is 0 Å². The molecule has 1 amide bonds. The third-order valence-corrected chi connectivity index (χ3v) is 5.01. The molecule has 1 aliphatic heterocycles. The number of carbonyl (C=O) groups is 1. The monoisotopic (exact) mass is 340 g/mol. The lowest BCUT2D eigenvalue weighted by Gasteiger charge is -2.22. The fraction of sp³-hybridized carbons (Fsp3) is 0.500. The van der Waals surface area contributed by atoms with E-state index in [9.17, 15) is 4.79 Å². The van der Waals surface area contributed by atoms with Crippen molar-refractivity contribution in [2.24, 2.45) is 7.05 Å². The second-order valence-corrected chi connectivity index (χ2v) is 6.79. The molecular formula is C20H28N4O. The maximum atomic E-state index is 12.9. The van der Waals surface area contributed by atoms with Crippen molar-refractivity contribution < 1.29 is 4.79 Å². The molecule has 25 heavy (non-hydrogen) atoms. The molecule has 1 unspecified atom stereocenters. The molecule has 0 bridgehead atoms. The lowest BCUT2D eigenvalue weighted by Crippen LogP contribution is -2.29. The van der Waals surface area contributed by atoms with Gasteiger partial charge in [-0.3, -0.25) is 9.48 Å². The van der Waals surface area contributed by atoms with E-state index in [0.29, 0.717) is 11.5 Å². The van der Waals surface area contributed by atoms with Crippen LogP contribution in [0.1, 0.15) is 59.8 Å². The van der Waals surface area contributed by atoms with E-state index in [-0.39, 0.29) is 5.91 Å². The van der Waals surface area contributed by atoms with Crippen molar-refractivity contribution in [1.82, 2.24) is 15.1 Å². The Morgan fingerprint density at radius 1 is 1.32 bits per heavy atom. The van der Waals surface area contributed by atoms with Gasteiger partial charge in [0, 0.05) is 31.4 Å². The minimum Gasteiger partial charge on any atom is -0.322 e. The normalized spacial score (nSPS) is 17.5. The minimum atomic E-state index is -0.0695. The Kier molecular flexibility index (Phi) is 5.53. The average molecular weight is 340 g/mol. The molecule has 1 fully saturated rings. The SMILES string of the molecule is CCc1ccc(NC(=O)c2cn(C)nc2C2CCCNC2)cc1CC. The number of nitrogens with zero attached hydrogens (tertiary/aromatic N) is 2. The van der Waals surface area contributed by atoms with E-state index in [1.165, 1.54) is 11.1 Å². The molecule has 2 heterocycles. The number of hydrogen-bond acceptors (Lipinski definition) is 3. The van der Waals surface area contributed by atoms with Crippen LogP contribution in [0, 0.1) is 0 Å². The van der Waals surface area contributed by atoms with Gasteiger partial charge in [0.2, 0.25) is 0 Å². The summed E-state index contributed by atoms with van der Waals surface area (Å²) in [6.45, 7) is 6.25. The van der Waals surface area contributed by atoms with Gasteiger partial charge in [0.25, 0.3) is 5.91 Å². The number of piperidine rings is 1. The van der Waals surface area contributed by atoms with Crippen LogP contribution in [0.5, 0.6) is 0 Å². The molecule has 2 aromatic rings. The standard InChI is InChI=1S/C20H28N4O/c1-4-14-8-9-17(11-15(14)5-2)22-20(25)18-13-24(3)23-19(18)16-7-6-10-21-12-16/h8-9,11,13,16,21H,4-7,10,12H2,1-3H3,(H,22,25). The van der Waals surface area contributed by atoms with E-state index in [1.807, 2.05) is 19.3 Å². The number of anilines is 1. The van der Waals surface area contributed by atoms with E-state index >= 15 is 0 Å². The van der Waals surface area contributed by atoms with Gasteiger partial charge in [-0.2, -0.15) is 5.10 Å². The van der Waals surface area contributed by atoms with Gasteiger partial charge in [0.1, 0.15) is 0 Å². The van der Waals surface area contributed by atoms with Gasteiger partial charge in [-0.1, -0.05) is 19.9 Å². The maximum absolute atomic E-state index is 12.9. The van der Waals surface area contributed by atoms with Crippen molar-refractivity contribution in [3.63, 3.8) is 0 Å². The number of benzene rings is 1. The van der Waals surface area contributed by atoms with Crippen LogP contribution in [-0.4, -0.2) is 28.8 Å². The van der Waals surface area contributed by atoms with Crippen molar-refractivity contribution in [3.8, 4) is 0 Å². The van der Waals surface area contributed by atoms with Crippen molar-refractivity contribution in [1.29, 1.82) is 0 Å². The highest BCUT2D eigenvalue weighted by Crippen LogP contribution is 2.26. The van der Waals surface area contributed by atoms with Crippen LogP contribution >= 0.6 is 0 Å². The molecule has 3 rings (SSSR count). The van der Waals surface area contributed by atoms with Gasteiger partial charge in [0.05, 0.1) is 11.3 Å². The van der Waals surface area contributed by atoms with E-state index in [0.717, 1.165) is 50.2 Å². The van der Waals surface area contributed by atoms with Gasteiger partial charge in [-0.15, -0.1) is 0 Å². The summed E-state index contributed by atoms with van der Waals surface area (Å²) >= 11 is 0. The van der Waals surface area contributed by atoms with Crippen LogP contribution in [0.3, 0.4) is 0 Å². The number of aryl methyl sites for hydroxylation is 3. The number of rotatable bonds is 5. The first-order chi connectivity index (χ1) is 12.1. The summed E-state index contributed by atoms with van der Waals surface area (Å²) in [4.78, 5) is 12.9. The van der Waals surface area contributed by atoms with Crippen LogP contribution in [-0.2, 0) is 19.9 Å². The zero-order chi connectivity index (χ0) is 17.8. The Morgan fingerprint density at radius 2 is 2.12 bits per heavy atom. The minimum absolute atomic E-state index is 0.0695. The first kappa shape index (κ1) is 17.7. The summed E-state index contributed by atoms with van der Waals surface area (Å²) in [5, 5.41) is 11.0. The van der Waals surface area contributed by atoms with Crippen molar-refractivity contribution in [2.75, 3.05) is 18.4 Å². The highest BCUT2D eigenvalue weighted by molar-refractivity contribution is 6.05. The van der Waals surface area contributed by atoms with E-state index in [4.69, 9.17) is 0 Å². The lowest BCUT2D eigenvalue weighted by atomic mass is 9.93. The highest BCUT2D eigenvalue weighted by atomic mass is 16.1. The Labute approximate surface area is 149 Å². The molecule has 1 saturated heterocycles. The van der Waals surface area contributed by atoms with Crippen molar-refractivity contribution in [2.45, 2.75) is 45.4 Å². The molecule has 5 nitrogen and oxygen atoms in total. The average Bonchev–Trinajstić information content (AvgIpc) is 3.04. The Morgan fingerprint density at radius 3 is 2.80 bits per heavy atom. The van der Waals surface area contributed by atoms with Gasteiger partial charge < -0.3 is 10.6 Å². The Hall–Kier alpha value is -2.14. The highest BCUT2D eigenvalue weighted by Gasteiger charge is 2.25. The number of carbonyl (C=O) groups excluding carboxylic acids is 1. The van der Waals surface area contributed by atoms with Crippen LogP contribution in [0.2, 0.25) is 0 Å². The molecule has 2 N–H and O–H groups in total. The third-order valence-electron chi connectivity index (χ3n) is 5.01. The van der Waals surface area contributed by atoms with E-state index < -0.39 is 0 Å². The van der Waals surface area contributed by atoms with Crippen LogP contribution in [0.4, 0.5) is 5.69 Å². The summed E-state index contributed by atoms with van der Waals surface area (Å²) in [6.07, 6.45) is 6.02. The smallest absolute Gasteiger partial charge is 0.259 e. The van der Waals surface area contributed by atoms with E-state index in [1.54, 1.807) is 4.68 Å². The second kappa shape index (κ2) is 7.83. The molecule has 1 atom stereocenters. The fourth-order valence-corrected chi connectivity index (χ4v) is 3.64. The second-order valence-electron chi connectivity index (χ2n) is 6.79. The Bertz CT molecular complexity index is 744. The molecule has 0 aliphatic carbocycles. The molecule has 5 heteroatoms. The van der Waals surface area contributed by atoms with Crippen LogP contribution < -0.4 is 10.6 Å². The van der Waals surface area contributed by atoms with Gasteiger partial charge in [-0.25, -0.2) is 0 Å². The van der Waals surface area contributed by atoms with E-state index in [2.05, 4.69) is 41.7 Å². The summed E-state index contributed by atoms with van der Waals surface area (Å²) < 4.78 is 1.75. The molecule has 1 aliphatic rings. The molecule has 1 aromatic heterocycles. The van der Waals surface area contributed by atoms with Crippen molar-refractivity contribution >= 4 is 11.6 Å². The number of hydrogen-bond donors (Lipinski definition) is 2. The van der Waals surface area contributed by atoms with Crippen LogP contribution in [0.15, 0.2) is 24.4 Å². The summed E-state index contributed by atoms with van der Waals surface area (Å²) in [6, 6.07) is 6.20. The third kappa shape index (κ3) is 3.93. The predicted molar refractivity (Wildman–Crippen MR) is 101 cm³/mol. The molecule has 1 aromatic carbocycles. The quantitative estimate of drug-likeness (QED) is 0.878. The number of aromatic nitrogens is 2. The maximum Gasteiger partial charge on any atom is 0.259 e. The first-order valence-electron chi connectivity index (χ1n) is 9.29. The number of amides is 1. The zero-order valence-electron chi connectivity index (χ0n) is 15.4. The van der Waals surface area contributed by atoms with Gasteiger partial charge in [-0.05, 0) is 55.5 Å². The summed E-state index contributed by atoms with van der Waals surface area (Å²) in [5.41, 5.74) is 5.09. The largest absolute Gasteiger partial charge is 0.322 e. The summed E-state index contributed by atoms with van der Waals surface area (Å²) in [7, 11) is 1.88. The number of nitrogens with one attached hydrogen (secondary N) is 2. The topological polar surface area (TPSA) is 59.0 Å². The molecule has 0 saturated carbocycles. The predicted octanol–water partition coefficient (Wildman–Crippen LogP) is 3.26. The molecule has 0 radical (unpaired) electrons. The van der Waals surface area contributed by atoms with Crippen LogP contribution in [0.25, 0.3) is 0 Å². The Balaban J connectivity index is 1.82. The first-order valence-corrected chi connectivity index (χ1v) is 9.29. The molecule has 134 valence electrons. The fourth-order valence-electron chi connectivity index (χ4n) is 3.64. The van der Waals surface area contributed by atoms with Gasteiger partial charge in [0.15, 0.2) is 0 Å². The zero-order valence-corrected chi connectivity index (χ0v) is 15.4. The lowest BCUT2D eigenvalue weighted by molar-refractivity contribution is 0.102. The molecule has 0 spiro atoms. The molecular weight excluding hydrogens is 312 g/mol.